The molecule has 0 saturated carbocycles. The van der Waals surface area contributed by atoms with E-state index < -0.39 is 6.09 Å². The molecule has 0 bridgehead atoms. The Kier molecular flexibility index (Phi) is 5.53. The third-order valence-electron chi connectivity index (χ3n) is 0.931. The number of ether oxygens (including phenoxy) is 1. The molecule has 0 aliphatic carbocycles. The molecule has 0 atom stereocenters. The topological polar surface area (TPSA) is 52.3 Å². The summed E-state index contributed by atoms with van der Waals surface area (Å²) in [7, 11) is 0. The number of rotatable bonds is 4. The SMILES string of the molecule is CC/C=C/CCOC(N)=O. The highest BCUT2D eigenvalue weighted by Gasteiger charge is 1.88. The van der Waals surface area contributed by atoms with Crippen molar-refractivity contribution < 1.29 is 9.53 Å². The van der Waals surface area contributed by atoms with Gasteiger partial charge in [-0.05, 0) is 12.8 Å². The molecule has 3 nitrogen and oxygen atoms in total. The third kappa shape index (κ3) is 7.01. The molecule has 0 aromatic carbocycles. The van der Waals surface area contributed by atoms with Crippen molar-refractivity contribution >= 4 is 6.09 Å². The van der Waals surface area contributed by atoms with Crippen molar-refractivity contribution in [2.45, 2.75) is 19.8 Å². The number of nitrogens with two attached hydrogens (primary N) is 1. The van der Waals surface area contributed by atoms with Crippen molar-refractivity contribution in [3.63, 3.8) is 0 Å². The Morgan fingerprint density at radius 3 is 2.80 bits per heavy atom. The van der Waals surface area contributed by atoms with Crippen molar-refractivity contribution in [2.24, 2.45) is 5.73 Å². The lowest BCUT2D eigenvalue weighted by molar-refractivity contribution is 0.159. The average Bonchev–Trinajstić information content (AvgIpc) is 1.87. The zero-order valence-corrected chi connectivity index (χ0v) is 6.17. The molecule has 2 N–H and O–H groups in total. The second-order valence-electron chi connectivity index (χ2n) is 1.84. The first-order chi connectivity index (χ1) is 4.77. The Balaban J connectivity index is 3.05. The Morgan fingerprint density at radius 2 is 2.30 bits per heavy atom. The first-order valence-corrected chi connectivity index (χ1v) is 3.34. The standard InChI is InChI=1S/C7H13NO2/c1-2-3-4-5-6-10-7(8)9/h3-4H,2,5-6H2,1H3,(H2,8,9)/b4-3+. The second-order valence-corrected chi connectivity index (χ2v) is 1.84. The van der Waals surface area contributed by atoms with Crippen LogP contribution in [0.2, 0.25) is 0 Å². The minimum absolute atomic E-state index is 0.381. The van der Waals surface area contributed by atoms with Crippen LogP contribution in [0.4, 0.5) is 4.79 Å². The van der Waals surface area contributed by atoms with Gasteiger partial charge in [0.25, 0.3) is 0 Å². The maximum atomic E-state index is 10.0. The molecule has 0 heterocycles. The van der Waals surface area contributed by atoms with Gasteiger partial charge in [-0.25, -0.2) is 4.79 Å². The van der Waals surface area contributed by atoms with E-state index >= 15 is 0 Å². The van der Waals surface area contributed by atoms with E-state index in [9.17, 15) is 4.79 Å². The van der Waals surface area contributed by atoms with E-state index in [1.165, 1.54) is 0 Å². The number of allylic oxidation sites excluding steroid dienone is 1. The van der Waals surface area contributed by atoms with Gasteiger partial charge < -0.3 is 10.5 Å². The summed E-state index contributed by atoms with van der Waals surface area (Å²) < 4.78 is 4.48. The van der Waals surface area contributed by atoms with Crippen molar-refractivity contribution in [1.29, 1.82) is 0 Å². The van der Waals surface area contributed by atoms with Gasteiger partial charge in [0.1, 0.15) is 0 Å². The molecular weight excluding hydrogens is 130 g/mol. The number of hydrogen-bond donors (Lipinski definition) is 1. The van der Waals surface area contributed by atoms with Crippen molar-refractivity contribution in [3.8, 4) is 0 Å². The Labute approximate surface area is 60.9 Å². The number of carbonyl (C=O) groups excluding carboxylic acids is 1. The first kappa shape index (κ1) is 9.01. The molecule has 10 heavy (non-hydrogen) atoms. The molecule has 0 aliphatic rings. The minimum atomic E-state index is -0.704. The fourth-order valence-electron chi connectivity index (χ4n) is 0.512. The summed E-state index contributed by atoms with van der Waals surface area (Å²) in [6, 6.07) is 0. The van der Waals surface area contributed by atoms with Crippen molar-refractivity contribution in [1.82, 2.24) is 0 Å². The van der Waals surface area contributed by atoms with Gasteiger partial charge >= 0.3 is 6.09 Å². The molecule has 0 radical (unpaired) electrons. The summed E-state index contributed by atoms with van der Waals surface area (Å²) in [6.45, 7) is 2.43. The molecule has 0 aromatic rings. The number of hydrogen-bond acceptors (Lipinski definition) is 2. The Hall–Kier alpha value is -0.990. The smallest absolute Gasteiger partial charge is 0.404 e. The van der Waals surface area contributed by atoms with Crippen LogP contribution >= 0.6 is 0 Å². The predicted octanol–water partition coefficient (Wildman–Crippen LogP) is 1.44. The van der Waals surface area contributed by atoms with Gasteiger partial charge in [0.2, 0.25) is 0 Å². The molecule has 1 amide bonds. The normalized spacial score (nSPS) is 10.1. The van der Waals surface area contributed by atoms with Crippen LogP contribution in [0.1, 0.15) is 19.8 Å². The van der Waals surface area contributed by atoms with E-state index in [4.69, 9.17) is 5.73 Å². The Bertz CT molecular complexity index is 121. The number of primary amides is 1. The lowest BCUT2D eigenvalue weighted by Crippen LogP contribution is -2.13. The third-order valence-corrected chi connectivity index (χ3v) is 0.931. The van der Waals surface area contributed by atoms with E-state index in [1.54, 1.807) is 0 Å². The quantitative estimate of drug-likeness (QED) is 0.478. The second kappa shape index (κ2) is 6.13. The summed E-state index contributed by atoms with van der Waals surface area (Å²) in [4.78, 5) is 10.0. The minimum Gasteiger partial charge on any atom is -0.449 e. The monoisotopic (exact) mass is 143 g/mol. The molecule has 58 valence electrons. The van der Waals surface area contributed by atoms with E-state index in [0.717, 1.165) is 12.8 Å². The van der Waals surface area contributed by atoms with Gasteiger partial charge in [-0.2, -0.15) is 0 Å². The van der Waals surface area contributed by atoms with Gasteiger partial charge in [-0.3, -0.25) is 0 Å². The highest BCUT2D eigenvalue weighted by atomic mass is 16.5. The van der Waals surface area contributed by atoms with E-state index in [2.05, 4.69) is 4.74 Å². The van der Waals surface area contributed by atoms with Gasteiger partial charge in [0.05, 0.1) is 6.61 Å². The van der Waals surface area contributed by atoms with Crippen LogP contribution in [0.15, 0.2) is 12.2 Å². The zero-order valence-electron chi connectivity index (χ0n) is 6.17. The Morgan fingerprint density at radius 1 is 1.60 bits per heavy atom. The summed E-state index contributed by atoms with van der Waals surface area (Å²) >= 11 is 0. The lowest BCUT2D eigenvalue weighted by Gasteiger charge is -1.95. The van der Waals surface area contributed by atoms with E-state index in [1.807, 2.05) is 19.1 Å². The summed E-state index contributed by atoms with van der Waals surface area (Å²) in [5, 5.41) is 0. The van der Waals surface area contributed by atoms with Crippen molar-refractivity contribution in [2.75, 3.05) is 6.61 Å². The van der Waals surface area contributed by atoms with Crippen molar-refractivity contribution in [3.05, 3.63) is 12.2 Å². The number of carbonyl (C=O) groups is 1. The molecule has 0 aromatic heterocycles. The van der Waals surface area contributed by atoms with Crippen LogP contribution in [0.25, 0.3) is 0 Å². The van der Waals surface area contributed by atoms with Gasteiger partial charge in [-0.15, -0.1) is 0 Å². The fourth-order valence-corrected chi connectivity index (χ4v) is 0.512. The van der Waals surface area contributed by atoms with E-state index in [-0.39, 0.29) is 0 Å². The summed E-state index contributed by atoms with van der Waals surface area (Å²) in [6.07, 6.45) is 5.03. The largest absolute Gasteiger partial charge is 0.449 e. The van der Waals surface area contributed by atoms with Gasteiger partial charge in [-0.1, -0.05) is 19.1 Å². The molecule has 0 unspecified atom stereocenters. The fraction of sp³-hybridized carbons (Fsp3) is 0.571. The highest BCUT2D eigenvalue weighted by Crippen LogP contribution is 1.86. The van der Waals surface area contributed by atoms with Gasteiger partial charge in [0, 0.05) is 0 Å². The predicted molar refractivity (Wildman–Crippen MR) is 39.6 cm³/mol. The summed E-state index contributed by atoms with van der Waals surface area (Å²) in [5.41, 5.74) is 4.72. The van der Waals surface area contributed by atoms with Crippen LogP contribution in [0.5, 0.6) is 0 Å². The highest BCUT2D eigenvalue weighted by molar-refractivity contribution is 5.64. The molecule has 0 saturated heterocycles. The maximum absolute atomic E-state index is 10.0. The van der Waals surface area contributed by atoms with Crippen LogP contribution in [0.3, 0.4) is 0 Å². The van der Waals surface area contributed by atoms with Crippen LogP contribution in [-0.4, -0.2) is 12.7 Å². The first-order valence-electron chi connectivity index (χ1n) is 3.34. The molecular formula is C7H13NO2. The molecule has 0 spiro atoms. The van der Waals surface area contributed by atoms with Crippen LogP contribution in [0, 0.1) is 0 Å². The zero-order chi connectivity index (χ0) is 7.82. The van der Waals surface area contributed by atoms with Crippen LogP contribution < -0.4 is 5.73 Å². The molecule has 0 aliphatic heterocycles. The van der Waals surface area contributed by atoms with Gasteiger partial charge in [0.15, 0.2) is 0 Å². The summed E-state index contributed by atoms with van der Waals surface area (Å²) in [5.74, 6) is 0. The maximum Gasteiger partial charge on any atom is 0.404 e. The van der Waals surface area contributed by atoms with E-state index in [0.29, 0.717) is 6.61 Å². The van der Waals surface area contributed by atoms with Crippen LogP contribution in [-0.2, 0) is 4.74 Å². The molecule has 0 rings (SSSR count). The average molecular weight is 143 g/mol. The number of amides is 1. The molecule has 3 heteroatoms. The molecule has 0 fully saturated rings. The lowest BCUT2D eigenvalue weighted by atomic mass is 10.3.